The van der Waals surface area contributed by atoms with Crippen molar-refractivity contribution in [2.45, 2.75) is 26.3 Å². The molecule has 1 aromatic carbocycles. The Morgan fingerprint density at radius 1 is 1.60 bits per heavy atom. The lowest BCUT2D eigenvalue weighted by molar-refractivity contribution is 0.267. The Morgan fingerprint density at radius 3 is 2.60 bits per heavy atom. The van der Waals surface area contributed by atoms with Crippen molar-refractivity contribution in [3.63, 3.8) is 0 Å². The van der Waals surface area contributed by atoms with Crippen molar-refractivity contribution in [1.29, 1.82) is 0 Å². The molecule has 0 radical (unpaired) electrons. The Kier molecular flexibility index (Phi) is 3.66. The molecule has 0 aromatic heterocycles. The molecule has 0 unspecified atom stereocenters. The fourth-order valence-electron chi connectivity index (χ4n) is 1.45. The Morgan fingerprint density at radius 2 is 2.27 bits per heavy atom. The van der Waals surface area contributed by atoms with Crippen molar-refractivity contribution in [2.75, 3.05) is 12.4 Å². The molecule has 0 saturated heterocycles. The Labute approximate surface area is 88.3 Å². The highest BCUT2D eigenvalue weighted by Crippen LogP contribution is 2.12. The normalized spacial score (nSPS) is 13.9. The first-order valence-corrected chi connectivity index (χ1v) is 4.91. The van der Waals surface area contributed by atoms with Crippen LogP contribution < -0.4 is 16.2 Å². The maximum absolute atomic E-state index is 11.1. The molecule has 0 saturated carbocycles. The molecule has 0 spiro atoms. The Bertz CT molecular complexity index is 427. The lowest BCUT2D eigenvalue weighted by atomic mass is 10.1. The second-order valence-corrected chi connectivity index (χ2v) is 3.25. The molecule has 15 heavy (non-hydrogen) atoms. The van der Waals surface area contributed by atoms with Crippen molar-refractivity contribution in [2.24, 2.45) is 0 Å². The Balaban J connectivity index is 2.76. The van der Waals surface area contributed by atoms with E-state index in [0.717, 1.165) is 12.2 Å². The SMILES string of the molecule is C/C=C(\OC)[C@@H](CC)Nc1cc(=O)c1=O. The van der Waals surface area contributed by atoms with Gasteiger partial charge >= 0.3 is 0 Å². The third-order valence-corrected chi connectivity index (χ3v) is 2.35. The van der Waals surface area contributed by atoms with Gasteiger partial charge in [0.05, 0.1) is 18.8 Å². The van der Waals surface area contributed by atoms with Crippen LogP contribution >= 0.6 is 0 Å². The van der Waals surface area contributed by atoms with Crippen LogP contribution in [0.3, 0.4) is 0 Å². The molecule has 1 rings (SSSR count). The van der Waals surface area contributed by atoms with Crippen LogP contribution in [0.15, 0.2) is 27.5 Å². The summed E-state index contributed by atoms with van der Waals surface area (Å²) in [6.45, 7) is 3.84. The van der Waals surface area contributed by atoms with Crippen molar-refractivity contribution < 1.29 is 4.74 Å². The third-order valence-electron chi connectivity index (χ3n) is 2.35. The first-order valence-electron chi connectivity index (χ1n) is 4.91. The largest absolute Gasteiger partial charge is 0.499 e. The minimum atomic E-state index is -0.444. The minimum Gasteiger partial charge on any atom is -0.499 e. The lowest BCUT2D eigenvalue weighted by Gasteiger charge is -2.20. The summed E-state index contributed by atoms with van der Waals surface area (Å²) in [5, 5.41) is 2.98. The average molecular weight is 209 g/mol. The summed E-state index contributed by atoms with van der Waals surface area (Å²) in [4.78, 5) is 21.8. The van der Waals surface area contributed by atoms with Crippen molar-refractivity contribution in [3.8, 4) is 0 Å². The van der Waals surface area contributed by atoms with Crippen molar-refractivity contribution in [1.82, 2.24) is 0 Å². The van der Waals surface area contributed by atoms with Crippen molar-refractivity contribution in [3.05, 3.63) is 38.3 Å². The molecule has 0 aliphatic heterocycles. The topological polar surface area (TPSA) is 55.4 Å². The van der Waals surface area contributed by atoms with E-state index in [1.54, 1.807) is 7.11 Å². The van der Waals surface area contributed by atoms with Gasteiger partial charge in [-0.2, -0.15) is 0 Å². The third kappa shape index (κ3) is 2.26. The molecule has 4 nitrogen and oxygen atoms in total. The highest BCUT2D eigenvalue weighted by Gasteiger charge is 2.16. The van der Waals surface area contributed by atoms with E-state index < -0.39 is 10.9 Å². The number of methoxy groups -OCH3 is 1. The van der Waals surface area contributed by atoms with Gasteiger partial charge in [-0.25, -0.2) is 0 Å². The van der Waals surface area contributed by atoms with Gasteiger partial charge in [0.25, 0.3) is 0 Å². The van der Waals surface area contributed by atoms with Crippen LogP contribution in [0.1, 0.15) is 20.3 Å². The van der Waals surface area contributed by atoms with Crippen LogP contribution in [0, 0.1) is 0 Å². The molecule has 0 aliphatic rings. The van der Waals surface area contributed by atoms with Gasteiger partial charge in [-0.05, 0) is 19.4 Å². The van der Waals surface area contributed by atoms with E-state index >= 15 is 0 Å². The fourth-order valence-corrected chi connectivity index (χ4v) is 1.45. The first kappa shape index (κ1) is 11.5. The quantitative estimate of drug-likeness (QED) is 0.581. The summed E-state index contributed by atoms with van der Waals surface area (Å²) in [6.07, 6.45) is 2.62. The van der Waals surface area contributed by atoms with Gasteiger partial charge in [-0.15, -0.1) is 0 Å². The summed E-state index contributed by atoms with van der Waals surface area (Å²) >= 11 is 0. The zero-order valence-corrected chi connectivity index (χ0v) is 9.16. The molecule has 1 N–H and O–H groups in total. The van der Waals surface area contributed by atoms with Crippen molar-refractivity contribution >= 4 is 5.69 Å². The standard InChI is InChI=1S/C11H15NO3/c1-4-7(10(5-2)15-3)12-8-6-9(13)11(8)14/h5-7,12H,4H2,1-3H3/b10-5-/t7-/m1/s1. The summed E-state index contributed by atoms with van der Waals surface area (Å²) in [5.74, 6) is 0.769. The maximum Gasteiger partial charge on any atom is 0.248 e. The fraction of sp³-hybridized carbons (Fsp3) is 0.455. The molecular formula is C11H15NO3. The predicted molar refractivity (Wildman–Crippen MR) is 59.8 cm³/mol. The number of hydrogen-bond acceptors (Lipinski definition) is 4. The number of rotatable bonds is 5. The molecule has 0 fully saturated rings. The number of hydrogen-bond donors (Lipinski definition) is 1. The summed E-state index contributed by atoms with van der Waals surface area (Å²) in [7, 11) is 1.59. The molecule has 1 atom stereocenters. The highest BCUT2D eigenvalue weighted by molar-refractivity contribution is 5.49. The maximum atomic E-state index is 11.1. The highest BCUT2D eigenvalue weighted by atomic mass is 16.5. The lowest BCUT2D eigenvalue weighted by Crippen LogP contribution is -2.36. The molecule has 82 valence electrons. The van der Waals surface area contributed by atoms with Crippen LogP contribution in [0.25, 0.3) is 0 Å². The molecule has 0 aliphatic carbocycles. The minimum absolute atomic E-state index is 0.0525. The summed E-state index contributed by atoms with van der Waals surface area (Å²) in [5.41, 5.74) is -0.505. The summed E-state index contributed by atoms with van der Waals surface area (Å²) < 4.78 is 5.16. The zero-order valence-electron chi connectivity index (χ0n) is 9.16. The van der Waals surface area contributed by atoms with E-state index in [0.29, 0.717) is 5.69 Å². The van der Waals surface area contributed by atoms with E-state index in [-0.39, 0.29) is 6.04 Å². The predicted octanol–water partition coefficient (Wildman–Crippen LogP) is 1.02. The van der Waals surface area contributed by atoms with Crippen LogP contribution in [-0.4, -0.2) is 13.2 Å². The summed E-state index contributed by atoms with van der Waals surface area (Å²) in [6, 6.07) is 1.26. The van der Waals surface area contributed by atoms with Gasteiger partial charge in [0.15, 0.2) is 0 Å². The van der Waals surface area contributed by atoms with Crippen LogP contribution in [-0.2, 0) is 4.74 Å². The zero-order chi connectivity index (χ0) is 11.4. The first-order chi connectivity index (χ1) is 7.13. The van der Waals surface area contributed by atoms with Gasteiger partial charge in [0.2, 0.25) is 10.9 Å². The molecule has 0 bridgehead atoms. The van der Waals surface area contributed by atoms with Crippen LogP contribution in [0.4, 0.5) is 5.69 Å². The number of ether oxygens (including phenoxy) is 1. The number of allylic oxidation sites excluding steroid dienone is 1. The van der Waals surface area contributed by atoms with E-state index in [4.69, 9.17) is 4.74 Å². The van der Waals surface area contributed by atoms with Gasteiger partial charge in [-0.1, -0.05) is 6.92 Å². The van der Waals surface area contributed by atoms with Gasteiger partial charge in [0.1, 0.15) is 5.76 Å². The van der Waals surface area contributed by atoms with Gasteiger partial charge < -0.3 is 10.1 Å². The molecular weight excluding hydrogens is 194 g/mol. The average Bonchev–Trinajstić information content (AvgIpc) is 2.27. The molecule has 0 heterocycles. The number of anilines is 1. The second-order valence-electron chi connectivity index (χ2n) is 3.25. The van der Waals surface area contributed by atoms with E-state index in [1.807, 2.05) is 19.9 Å². The van der Waals surface area contributed by atoms with Crippen LogP contribution in [0.5, 0.6) is 0 Å². The molecule has 1 aromatic rings. The monoisotopic (exact) mass is 209 g/mol. The molecule has 4 heteroatoms. The van der Waals surface area contributed by atoms with Gasteiger partial charge in [-0.3, -0.25) is 9.59 Å². The van der Waals surface area contributed by atoms with Gasteiger partial charge in [0, 0.05) is 6.07 Å². The Hall–Kier alpha value is -1.58. The van der Waals surface area contributed by atoms with E-state index in [9.17, 15) is 9.59 Å². The molecule has 0 amide bonds. The second kappa shape index (κ2) is 4.77. The number of nitrogens with one attached hydrogen (secondary N) is 1. The smallest absolute Gasteiger partial charge is 0.248 e. The van der Waals surface area contributed by atoms with E-state index in [2.05, 4.69) is 5.32 Å². The van der Waals surface area contributed by atoms with E-state index in [1.165, 1.54) is 6.07 Å². The van der Waals surface area contributed by atoms with Crippen LogP contribution in [0.2, 0.25) is 0 Å².